The molecular formula is C20H27N3O5. The fourth-order valence-corrected chi connectivity index (χ4v) is 2.49. The average molecular weight is 389 g/mol. The Morgan fingerprint density at radius 3 is 2.57 bits per heavy atom. The van der Waals surface area contributed by atoms with Crippen LogP contribution in [0.1, 0.15) is 46.4 Å². The molecular weight excluding hydrogens is 362 g/mol. The SMILES string of the molecule is CC(C)(C)OC(=O)[C@](C)(O)CNC(=O)CCCc1nc2ccccc2c(=O)[nH]1. The molecule has 3 N–H and O–H groups in total. The lowest BCUT2D eigenvalue weighted by Crippen LogP contribution is -2.49. The summed E-state index contributed by atoms with van der Waals surface area (Å²) in [6.07, 6.45) is 1.05. The van der Waals surface area contributed by atoms with Crippen LogP contribution in [0, 0.1) is 0 Å². The second-order valence-corrected chi connectivity index (χ2v) is 7.94. The molecule has 0 aliphatic rings. The van der Waals surface area contributed by atoms with E-state index in [4.69, 9.17) is 4.74 Å². The number of esters is 1. The first kappa shape index (κ1) is 21.6. The van der Waals surface area contributed by atoms with Crippen LogP contribution in [0.2, 0.25) is 0 Å². The number of ether oxygens (including phenoxy) is 1. The van der Waals surface area contributed by atoms with Crippen molar-refractivity contribution in [3.8, 4) is 0 Å². The number of para-hydroxylation sites is 1. The Kier molecular flexibility index (Phi) is 6.56. The Balaban J connectivity index is 1.83. The van der Waals surface area contributed by atoms with Crippen molar-refractivity contribution in [2.24, 2.45) is 0 Å². The van der Waals surface area contributed by atoms with Gasteiger partial charge in [-0.15, -0.1) is 0 Å². The third-order valence-corrected chi connectivity index (χ3v) is 3.95. The van der Waals surface area contributed by atoms with Gasteiger partial charge in [0.25, 0.3) is 5.56 Å². The van der Waals surface area contributed by atoms with Crippen molar-refractivity contribution < 1.29 is 19.4 Å². The van der Waals surface area contributed by atoms with Crippen LogP contribution in [0.5, 0.6) is 0 Å². The van der Waals surface area contributed by atoms with Gasteiger partial charge in [-0.2, -0.15) is 0 Å². The molecule has 1 amide bonds. The molecule has 1 heterocycles. The second-order valence-electron chi connectivity index (χ2n) is 7.94. The highest BCUT2D eigenvalue weighted by Crippen LogP contribution is 2.14. The van der Waals surface area contributed by atoms with Crippen molar-refractivity contribution in [1.29, 1.82) is 0 Å². The molecule has 0 aliphatic heterocycles. The van der Waals surface area contributed by atoms with Crippen LogP contribution < -0.4 is 10.9 Å². The highest BCUT2D eigenvalue weighted by molar-refractivity contribution is 5.81. The Morgan fingerprint density at radius 1 is 1.21 bits per heavy atom. The van der Waals surface area contributed by atoms with E-state index in [9.17, 15) is 19.5 Å². The summed E-state index contributed by atoms with van der Waals surface area (Å²) in [7, 11) is 0. The van der Waals surface area contributed by atoms with E-state index in [2.05, 4.69) is 15.3 Å². The van der Waals surface area contributed by atoms with Gasteiger partial charge in [0.2, 0.25) is 5.91 Å². The van der Waals surface area contributed by atoms with Crippen LogP contribution in [0.3, 0.4) is 0 Å². The maximum atomic E-state index is 12.0. The summed E-state index contributed by atoms with van der Waals surface area (Å²) in [6.45, 7) is 6.15. The van der Waals surface area contributed by atoms with Crippen LogP contribution in [-0.2, 0) is 20.7 Å². The number of aliphatic hydroxyl groups is 1. The number of nitrogens with zero attached hydrogens (tertiary/aromatic N) is 1. The maximum absolute atomic E-state index is 12.0. The van der Waals surface area contributed by atoms with Gasteiger partial charge >= 0.3 is 5.97 Å². The number of carbonyl (C=O) groups is 2. The molecule has 152 valence electrons. The number of aryl methyl sites for hydroxylation is 1. The Hall–Kier alpha value is -2.74. The number of nitrogens with one attached hydrogen (secondary N) is 2. The fourth-order valence-electron chi connectivity index (χ4n) is 2.49. The highest BCUT2D eigenvalue weighted by Gasteiger charge is 2.35. The molecule has 1 aromatic heterocycles. The smallest absolute Gasteiger partial charge is 0.340 e. The Morgan fingerprint density at radius 2 is 1.89 bits per heavy atom. The highest BCUT2D eigenvalue weighted by atomic mass is 16.6. The van der Waals surface area contributed by atoms with Crippen molar-refractivity contribution in [2.75, 3.05) is 6.54 Å². The van der Waals surface area contributed by atoms with Gasteiger partial charge < -0.3 is 20.1 Å². The van der Waals surface area contributed by atoms with Crippen molar-refractivity contribution in [1.82, 2.24) is 15.3 Å². The standard InChI is InChI=1S/C20H27N3O5/c1-19(2,3)28-18(26)20(4,27)12-21-16(24)11-7-10-15-22-14-9-6-5-8-13(14)17(25)23-15/h5-6,8-9,27H,7,10-12H2,1-4H3,(H,21,24)(H,22,23,25)/t20-/m1/s1. The number of benzene rings is 1. The summed E-state index contributed by atoms with van der Waals surface area (Å²) in [5.41, 5.74) is -2.14. The number of fused-ring (bicyclic) bond motifs is 1. The Labute approximate surface area is 163 Å². The first-order valence-corrected chi connectivity index (χ1v) is 9.18. The summed E-state index contributed by atoms with van der Waals surface area (Å²) in [5.74, 6) is -0.595. The molecule has 0 aliphatic carbocycles. The number of carbonyl (C=O) groups excluding carboxylic acids is 2. The molecule has 0 unspecified atom stereocenters. The number of aromatic amines is 1. The number of aromatic nitrogens is 2. The Bertz CT molecular complexity index is 912. The zero-order valence-corrected chi connectivity index (χ0v) is 16.7. The molecule has 8 heteroatoms. The minimum absolute atomic E-state index is 0.168. The number of amides is 1. The van der Waals surface area contributed by atoms with E-state index >= 15 is 0 Å². The van der Waals surface area contributed by atoms with E-state index in [-0.39, 0.29) is 24.4 Å². The monoisotopic (exact) mass is 389 g/mol. The number of rotatable bonds is 7. The third kappa shape index (κ3) is 6.16. The molecule has 2 rings (SSSR count). The molecule has 0 spiro atoms. The largest absolute Gasteiger partial charge is 0.458 e. The molecule has 2 aromatic rings. The molecule has 1 atom stereocenters. The lowest BCUT2D eigenvalue weighted by atomic mass is 10.1. The van der Waals surface area contributed by atoms with Crippen LogP contribution in [-0.4, -0.2) is 44.7 Å². The van der Waals surface area contributed by atoms with Gasteiger partial charge in [0.15, 0.2) is 5.60 Å². The van der Waals surface area contributed by atoms with Crippen molar-refractivity contribution >= 4 is 22.8 Å². The van der Waals surface area contributed by atoms with Crippen molar-refractivity contribution in [3.05, 3.63) is 40.4 Å². The lowest BCUT2D eigenvalue weighted by Gasteiger charge is -2.27. The summed E-state index contributed by atoms with van der Waals surface area (Å²) < 4.78 is 5.14. The average Bonchev–Trinajstić information content (AvgIpc) is 2.59. The summed E-state index contributed by atoms with van der Waals surface area (Å²) in [5, 5.41) is 13.2. The minimum Gasteiger partial charge on any atom is -0.458 e. The zero-order valence-electron chi connectivity index (χ0n) is 16.7. The third-order valence-electron chi connectivity index (χ3n) is 3.95. The predicted molar refractivity (Wildman–Crippen MR) is 105 cm³/mol. The van der Waals surface area contributed by atoms with Crippen LogP contribution in [0.25, 0.3) is 10.9 Å². The number of hydrogen-bond acceptors (Lipinski definition) is 6. The second kappa shape index (κ2) is 8.52. The van der Waals surface area contributed by atoms with E-state index < -0.39 is 17.2 Å². The van der Waals surface area contributed by atoms with Crippen molar-refractivity contribution in [3.63, 3.8) is 0 Å². The van der Waals surface area contributed by atoms with Gasteiger partial charge in [-0.3, -0.25) is 9.59 Å². The fraction of sp³-hybridized carbons (Fsp3) is 0.500. The molecule has 28 heavy (non-hydrogen) atoms. The van der Waals surface area contributed by atoms with E-state index in [1.807, 2.05) is 6.07 Å². The van der Waals surface area contributed by atoms with Crippen molar-refractivity contribution in [2.45, 2.75) is 58.2 Å². The van der Waals surface area contributed by atoms with Crippen LogP contribution >= 0.6 is 0 Å². The van der Waals surface area contributed by atoms with E-state index in [1.54, 1.807) is 39.0 Å². The van der Waals surface area contributed by atoms with E-state index in [0.717, 1.165) is 0 Å². The minimum atomic E-state index is -1.81. The topological polar surface area (TPSA) is 121 Å². The predicted octanol–water partition coefficient (Wildman–Crippen LogP) is 1.45. The molecule has 1 aromatic carbocycles. The first-order chi connectivity index (χ1) is 13.0. The maximum Gasteiger partial charge on any atom is 0.340 e. The number of hydrogen-bond donors (Lipinski definition) is 3. The van der Waals surface area contributed by atoms with Gasteiger partial charge in [0.1, 0.15) is 11.4 Å². The van der Waals surface area contributed by atoms with Gasteiger partial charge in [0.05, 0.1) is 17.4 Å². The van der Waals surface area contributed by atoms with Gasteiger partial charge in [-0.1, -0.05) is 12.1 Å². The quantitative estimate of drug-likeness (QED) is 0.616. The first-order valence-electron chi connectivity index (χ1n) is 9.18. The van der Waals surface area contributed by atoms with Gasteiger partial charge in [-0.25, -0.2) is 9.78 Å². The van der Waals surface area contributed by atoms with E-state index in [0.29, 0.717) is 29.6 Å². The number of H-pyrrole nitrogens is 1. The molecule has 8 nitrogen and oxygen atoms in total. The molecule has 0 saturated carbocycles. The van der Waals surface area contributed by atoms with Gasteiger partial charge in [0, 0.05) is 12.8 Å². The normalized spacial score (nSPS) is 13.8. The summed E-state index contributed by atoms with van der Waals surface area (Å²) in [6, 6.07) is 7.05. The van der Waals surface area contributed by atoms with Crippen LogP contribution in [0.15, 0.2) is 29.1 Å². The zero-order chi connectivity index (χ0) is 20.9. The van der Waals surface area contributed by atoms with E-state index in [1.165, 1.54) is 6.92 Å². The van der Waals surface area contributed by atoms with Crippen LogP contribution in [0.4, 0.5) is 0 Å². The van der Waals surface area contributed by atoms with Gasteiger partial charge in [-0.05, 0) is 46.2 Å². The lowest BCUT2D eigenvalue weighted by molar-refractivity contribution is -0.174. The summed E-state index contributed by atoms with van der Waals surface area (Å²) in [4.78, 5) is 43.1. The molecule has 0 radical (unpaired) electrons. The molecule has 0 saturated heterocycles. The summed E-state index contributed by atoms with van der Waals surface area (Å²) >= 11 is 0. The molecule has 0 fully saturated rings. The molecule has 0 bridgehead atoms.